The van der Waals surface area contributed by atoms with Crippen molar-refractivity contribution in [2.24, 2.45) is 5.73 Å². The second-order valence-corrected chi connectivity index (χ2v) is 6.06. The first-order chi connectivity index (χ1) is 10.6. The molecule has 0 bridgehead atoms. The smallest absolute Gasteiger partial charge is 0.253 e. The Balaban J connectivity index is 1.69. The minimum atomic E-state index is -0.00148. The Morgan fingerprint density at radius 1 is 1.14 bits per heavy atom. The van der Waals surface area contributed by atoms with E-state index in [4.69, 9.17) is 5.73 Å². The largest absolute Gasteiger partial charge is 0.338 e. The van der Waals surface area contributed by atoms with Gasteiger partial charge in [0.25, 0.3) is 5.91 Å². The first kappa shape index (κ1) is 14.8. The number of likely N-dealkylation sites (tertiary alicyclic amines) is 1. The summed E-state index contributed by atoms with van der Waals surface area (Å²) in [5.41, 5.74) is 8.98. The van der Waals surface area contributed by atoms with Crippen LogP contribution < -0.4 is 5.73 Å². The van der Waals surface area contributed by atoms with Gasteiger partial charge in [-0.05, 0) is 36.6 Å². The first-order valence-corrected chi connectivity index (χ1v) is 7.85. The monoisotopic (exact) mass is 294 g/mol. The molecule has 0 aromatic heterocycles. The molecule has 2 atom stereocenters. The predicted octanol–water partition coefficient (Wildman–Crippen LogP) is 3.34. The van der Waals surface area contributed by atoms with Crippen LogP contribution in [0.25, 0.3) is 0 Å². The number of hydrogen-bond acceptors (Lipinski definition) is 2. The highest BCUT2D eigenvalue weighted by Gasteiger charge is 2.27. The van der Waals surface area contributed by atoms with Gasteiger partial charge in [-0.25, -0.2) is 0 Å². The van der Waals surface area contributed by atoms with Gasteiger partial charge < -0.3 is 10.6 Å². The molecule has 2 N–H and O–H groups in total. The van der Waals surface area contributed by atoms with E-state index in [9.17, 15) is 4.79 Å². The summed E-state index contributed by atoms with van der Waals surface area (Å²) >= 11 is 0. The maximum absolute atomic E-state index is 12.6. The summed E-state index contributed by atoms with van der Waals surface area (Å²) in [5.74, 6) is 0.572. The van der Waals surface area contributed by atoms with Gasteiger partial charge in [-0.1, -0.05) is 42.5 Å². The zero-order valence-corrected chi connectivity index (χ0v) is 12.9. The fraction of sp³-hybridized carbons (Fsp3) is 0.316. The summed E-state index contributed by atoms with van der Waals surface area (Å²) in [5, 5.41) is 0. The molecule has 2 unspecified atom stereocenters. The molecule has 0 aliphatic carbocycles. The van der Waals surface area contributed by atoms with Gasteiger partial charge in [0, 0.05) is 30.6 Å². The molecule has 3 nitrogen and oxygen atoms in total. The molecule has 2 aromatic rings. The molecule has 0 radical (unpaired) electrons. The lowest BCUT2D eigenvalue weighted by molar-refractivity contribution is 0.0791. The fourth-order valence-corrected chi connectivity index (χ4v) is 3.05. The molecule has 1 aliphatic rings. The van der Waals surface area contributed by atoms with Crippen LogP contribution in [0, 0.1) is 0 Å². The highest BCUT2D eigenvalue weighted by molar-refractivity contribution is 5.94. The Kier molecular flexibility index (Phi) is 4.25. The molecule has 3 rings (SSSR count). The molecule has 0 saturated carbocycles. The molecule has 0 spiro atoms. The third kappa shape index (κ3) is 3.04. The zero-order valence-electron chi connectivity index (χ0n) is 12.9. The van der Waals surface area contributed by atoms with Gasteiger partial charge in [0.05, 0.1) is 0 Å². The van der Waals surface area contributed by atoms with E-state index in [1.807, 2.05) is 42.2 Å². The summed E-state index contributed by atoms with van der Waals surface area (Å²) in [6.07, 6.45) is 1.04. The summed E-state index contributed by atoms with van der Waals surface area (Å²) in [4.78, 5) is 14.6. The fourth-order valence-electron chi connectivity index (χ4n) is 3.05. The number of nitrogens with two attached hydrogens (primary N) is 1. The SMILES string of the molecule is CC(N)c1ccc(C(=O)N2CCC(c3ccccc3)C2)cc1. The molecule has 1 aliphatic heterocycles. The van der Waals surface area contributed by atoms with Crippen LogP contribution >= 0.6 is 0 Å². The quantitative estimate of drug-likeness (QED) is 0.943. The van der Waals surface area contributed by atoms with Crippen molar-refractivity contribution in [3.8, 4) is 0 Å². The van der Waals surface area contributed by atoms with Gasteiger partial charge in [-0.2, -0.15) is 0 Å². The molecule has 1 saturated heterocycles. The van der Waals surface area contributed by atoms with E-state index in [2.05, 4.69) is 24.3 Å². The molecule has 114 valence electrons. The number of nitrogens with zero attached hydrogens (tertiary/aromatic N) is 1. The van der Waals surface area contributed by atoms with Crippen LogP contribution in [0.5, 0.6) is 0 Å². The average Bonchev–Trinajstić information content (AvgIpc) is 3.05. The topological polar surface area (TPSA) is 46.3 Å². The Hall–Kier alpha value is -2.13. The number of amides is 1. The third-order valence-electron chi connectivity index (χ3n) is 4.43. The standard InChI is InChI=1S/C19H22N2O/c1-14(20)15-7-9-17(10-8-15)19(22)21-12-11-18(13-21)16-5-3-2-4-6-16/h2-10,14,18H,11-13,20H2,1H3. The maximum atomic E-state index is 12.6. The molecular weight excluding hydrogens is 272 g/mol. The molecule has 1 amide bonds. The highest BCUT2D eigenvalue weighted by atomic mass is 16.2. The Morgan fingerprint density at radius 2 is 1.82 bits per heavy atom. The second kappa shape index (κ2) is 6.32. The number of carbonyl (C=O) groups excluding carboxylic acids is 1. The van der Waals surface area contributed by atoms with E-state index >= 15 is 0 Å². The van der Waals surface area contributed by atoms with Crippen molar-refractivity contribution in [3.05, 3.63) is 71.3 Å². The zero-order chi connectivity index (χ0) is 15.5. The van der Waals surface area contributed by atoms with Crippen molar-refractivity contribution in [1.29, 1.82) is 0 Å². The average molecular weight is 294 g/mol. The predicted molar refractivity (Wildman–Crippen MR) is 88.7 cm³/mol. The lowest BCUT2D eigenvalue weighted by Crippen LogP contribution is -2.28. The molecule has 1 heterocycles. The van der Waals surface area contributed by atoms with Crippen molar-refractivity contribution >= 4 is 5.91 Å². The van der Waals surface area contributed by atoms with E-state index in [0.717, 1.165) is 30.6 Å². The van der Waals surface area contributed by atoms with Gasteiger partial charge >= 0.3 is 0 Å². The van der Waals surface area contributed by atoms with E-state index in [1.165, 1.54) is 5.56 Å². The van der Waals surface area contributed by atoms with E-state index in [0.29, 0.717) is 5.92 Å². The van der Waals surface area contributed by atoms with E-state index < -0.39 is 0 Å². The minimum Gasteiger partial charge on any atom is -0.338 e. The highest BCUT2D eigenvalue weighted by Crippen LogP contribution is 2.28. The summed E-state index contributed by atoms with van der Waals surface area (Å²) in [6, 6.07) is 18.1. The van der Waals surface area contributed by atoms with Crippen LogP contribution in [0.4, 0.5) is 0 Å². The maximum Gasteiger partial charge on any atom is 0.253 e. The van der Waals surface area contributed by atoms with Crippen molar-refractivity contribution in [3.63, 3.8) is 0 Å². The minimum absolute atomic E-state index is 0.00148. The van der Waals surface area contributed by atoms with Crippen molar-refractivity contribution in [2.45, 2.75) is 25.3 Å². The van der Waals surface area contributed by atoms with Crippen LogP contribution in [0.2, 0.25) is 0 Å². The van der Waals surface area contributed by atoms with Gasteiger partial charge in [-0.15, -0.1) is 0 Å². The number of benzene rings is 2. The van der Waals surface area contributed by atoms with Crippen LogP contribution in [-0.2, 0) is 0 Å². The van der Waals surface area contributed by atoms with Gasteiger partial charge in [0.1, 0.15) is 0 Å². The molecular formula is C19H22N2O. The van der Waals surface area contributed by atoms with Crippen LogP contribution in [0.3, 0.4) is 0 Å². The Morgan fingerprint density at radius 3 is 2.45 bits per heavy atom. The molecule has 2 aromatic carbocycles. The molecule has 3 heteroatoms. The number of carbonyl (C=O) groups is 1. The summed E-state index contributed by atoms with van der Waals surface area (Å²) in [7, 11) is 0. The first-order valence-electron chi connectivity index (χ1n) is 7.85. The lowest BCUT2D eigenvalue weighted by atomic mass is 9.99. The van der Waals surface area contributed by atoms with Gasteiger partial charge in [0.2, 0.25) is 0 Å². The molecule has 22 heavy (non-hydrogen) atoms. The number of hydrogen-bond donors (Lipinski definition) is 1. The normalized spacial score (nSPS) is 19.2. The summed E-state index contributed by atoms with van der Waals surface area (Å²) < 4.78 is 0. The van der Waals surface area contributed by atoms with Gasteiger partial charge in [0.15, 0.2) is 0 Å². The van der Waals surface area contributed by atoms with Crippen molar-refractivity contribution in [2.75, 3.05) is 13.1 Å². The second-order valence-electron chi connectivity index (χ2n) is 6.06. The van der Waals surface area contributed by atoms with Crippen molar-refractivity contribution in [1.82, 2.24) is 4.90 Å². The Labute approximate surface area is 131 Å². The third-order valence-corrected chi connectivity index (χ3v) is 4.43. The van der Waals surface area contributed by atoms with E-state index in [-0.39, 0.29) is 11.9 Å². The van der Waals surface area contributed by atoms with Gasteiger partial charge in [-0.3, -0.25) is 4.79 Å². The lowest BCUT2D eigenvalue weighted by Gasteiger charge is -2.17. The van der Waals surface area contributed by atoms with Crippen LogP contribution in [-0.4, -0.2) is 23.9 Å². The van der Waals surface area contributed by atoms with Crippen LogP contribution in [0.1, 0.15) is 46.8 Å². The Bertz CT molecular complexity index is 634. The van der Waals surface area contributed by atoms with Crippen LogP contribution in [0.15, 0.2) is 54.6 Å². The molecule has 1 fully saturated rings. The summed E-state index contributed by atoms with van der Waals surface area (Å²) in [6.45, 7) is 3.58. The number of rotatable bonds is 3. The van der Waals surface area contributed by atoms with Crippen molar-refractivity contribution < 1.29 is 4.79 Å². The van der Waals surface area contributed by atoms with E-state index in [1.54, 1.807) is 0 Å².